The van der Waals surface area contributed by atoms with Crippen LogP contribution in [0.3, 0.4) is 0 Å². The number of aromatic carboxylic acids is 1. The van der Waals surface area contributed by atoms with Gasteiger partial charge < -0.3 is 55.8 Å². The summed E-state index contributed by atoms with van der Waals surface area (Å²) in [7, 11) is -6.12. The topological polar surface area (TPSA) is 262 Å². The minimum absolute atomic E-state index is 0. The Balaban J connectivity index is 0.000000160. The minimum Gasteiger partial charge on any atom is -0.543 e. The first-order chi connectivity index (χ1) is 38.2. The second-order valence-electron chi connectivity index (χ2n) is 19.0. The van der Waals surface area contributed by atoms with Crippen molar-refractivity contribution in [3.05, 3.63) is 181 Å². The number of alkyl halides is 3. The molecule has 82 heavy (non-hydrogen) atoms. The van der Waals surface area contributed by atoms with E-state index in [-0.39, 0.29) is 65.9 Å². The van der Waals surface area contributed by atoms with E-state index in [1.165, 1.54) is 43.9 Å². The molecule has 2 aliphatic heterocycles. The van der Waals surface area contributed by atoms with E-state index in [0.29, 0.717) is 44.7 Å². The number of benzene rings is 6. The molecule has 0 unspecified atom stereocenters. The van der Waals surface area contributed by atoms with Crippen LogP contribution in [0, 0.1) is 0 Å². The fraction of sp³-hybridized carbons (Fsp3) is 0.186. The van der Waals surface area contributed by atoms with E-state index in [2.05, 4.69) is 42.8 Å². The van der Waals surface area contributed by atoms with Gasteiger partial charge in [0.25, 0.3) is 0 Å². The third-order valence-electron chi connectivity index (χ3n) is 12.4. The van der Waals surface area contributed by atoms with Gasteiger partial charge in [-0.15, -0.1) is 0 Å². The number of rotatable bonds is 6. The van der Waals surface area contributed by atoms with E-state index in [4.69, 9.17) is 46.9 Å². The maximum atomic E-state index is 12.0. The molecule has 0 aliphatic carbocycles. The van der Waals surface area contributed by atoms with E-state index >= 15 is 0 Å². The van der Waals surface area contributed by atoms with Gasteiger partial charge in [0.05, 0.1) is 54.4 Å². The van der Waals surface area contributed by atoms with Crippen molar-refractivity contribution in [1.29, 1.82) is 0 Å². The number of hydrogen-bond donors (Lipinski definition) is 3. The lowest BCUT2D eigenvalue weighted by atomic mass is 10.1. The lowest BCUT2D eigenvalue weighted by Crippen LogP contribution is -2.43. The summed E-state index contributed by atoms with van der Waals surface area (Å²) >= 11 is 0. The lowest BCUT2D eigenvalue weighted by Gasteiger charge is -2.36. The Hall–Kier alpha value is -9.48. The largest absolute Gasteiger partial charge is 0.543 e. The summed E-state index contributed by atoms with van der Waals surface area (Å²) < 4.78 is 103. The minimum atomic E-state index is -5.64. The number of hydrogen-bond acceptors (Lipinski definition) is 17. The number of phenols is 2. The molecule has 2 aliphatic rings. The number of methoxy groups -OCH3 is 1. The van der Waals surface area contributed by atoms with Crippen LogP contribution >= 0.6 is 0 Å². The van der Waals surface area contributed by atoms with Crippen molar-refractivity contribution in [1.82, 2.24) is 0 Å². The monoisotopic (exact) mass is 1170 g/mol. The zero-order valence-corrected chi connectivity index (χ0v) is 45.7. The van der Waals surface area contributed by atoms with Crippen LogP contribution in [-0.2, 0) is 14.9 Å². The normalized spacial score (nSPS) is 12.4. The second kappa shape index (κ2) is 25.8. The van der Waals surface area contributed by atoms with E-state index in [1.807, 2.05) is 36.4 Å². The molecule has 18 nitrogen and oxygen atoms in total. The average Bonchev–Trinajstić information content (AvgIpc) is 4.37. The number of carbonyl (C=O) groups is 4. The molecule has 6 heterocycles. The number of halogens is 3. The molecule has 6 aromatic carbocycles. The van der Waals surface area contributed by atoms with Crippen molar-refractivity contribution in [3.8, 4) is 34.5 Å². The van der Waals surface area contributed by atoms with Crippen LogP contribution in [0.5, 0.6) is 34.5 Å². The summed E-state index contributed by atoms with van der Waals surface area (Å²) in [6, 6.07) is 35.7. The smallest absolute Gasteiger partial charge is 0.534 e. The number of ether oxygens (including phenoxy) is 3. The van der Waals surface area contributed by atoms with Crippen molar-refractivity contribution in [2.75, 3.05) is 20.3 Å². The van der Waals surface area contributed by atoms with E-state index < -0.39 is 35.7 Å². The van der Waals surface area contributed by atoms with Gasteiger partial charge in [0.2, 0.25) is 19.9 Å². The summed E-state index contributed by atoms with van der Waals surface area (Å²) in [4.78, 5) is 44.1. The molecule has 10 aromatic rings. The number of esters is 1. The fourth-order valence-electron chi connectivity index (χ4n) is 7.06. The second-order valence-corrected chi connectivity index (χ2v) is 25.3. The van der Waals surface area contributed by atoms with Crippen molar-refractivity contribution in [2.24, 2.45) is 0 Å². The summed E-state index contributed by atoms with van der Waals surface area (Å²) in [6.07, 6.45) is 6.05. The van der Waals surface area contributed by atoms with Crippen molar-refractivity contribution in [2.45, 2.75) is 51.8 Å². The molecule has 0 bridgehead atoms. The number of carboxylic acids is 1. The number of Topliss-reactive ketones (excluding diaryl/α,β-unsaturated/α-hetero) is 2. The van der Waals surface area contributed by atoms with E-state index in [1.54, 1.807) is 73.2 Å². The highest BCUT2D eigenvalue weighted by molar-refractivity contribution is 7.88. The lowest BCUT2D eigenvalue weighted by molar-refractivity contribution is -0.0500. The van der Waals surface area contributed by atoms with Crippen LogP contribution in [0.4, 0.5) is 13.2 Å². The van der Waals surface area contributed by atoms with Gasteiger partial charge >= 0.3 is 27.6 Å². The molecule has 4 aromatic heterocycles. The Labute approximate surface area is 468 Å². The third-order valence-corrected chi connectivity index (χ3v) is 17.7. The zero-order valence-electron chi connectivity index (χ0n) is 43.9. The summed E-state index contributed by atoms with van der Waals surface area (Å²) in [5, 5.41) is 30.3. The van der Waals surface area contributed by atoms with Gasteiger partial charge in [-0.1, -0.05) is 40.3 Å². The van der Waals surface area contributed by atoms with Crippen LogP contribution < -0.4 is 18.1 Å². The van der Waals surface area contributed by atoms with Gasteiger partial charge in [0.15, 0.2) is 13.2 Å². The molecule has 0 amide bonds. The predicted octanol–water partition coefficient (Wildman–Crippen LogP) is 14.4. The van der Waals surface area contributed by atoms with Crippen molar-refractivity contribution in [3.63, 3.8) is 0 Å². The third kappa shape index (κ3) is 15.4. The highest BCUT2D eigenvalue weighted by Crippen LogP contribution is 2.39. The number of carboxylic acid groups (broad SMARTS) is 1. The Bertz CT molecular complexity index is 4000. The molecular weight excluding hydrogens is 1110 g/mol. The van der Waals surface area contributed by atoms with Crippen LogP contribution in [-0.4, -0.2) is 81.4 Å². The molecule has 0 atom stereocenters. The van der Waals surface area contributed by atoms with Gasteiger partial charge in [-0.25, -0.2) is 9.59 Å². The molecule has 0 saturated carbocycles. The number of carbonyl (C=O) groups excluding carboxylic acids is 3. The molecule has 3 N–H and O–H groups in total. The highest BCUT2D eigenvalue weighted by Gasteiger charge is 2.48. The van der Waals surface area contributed by atoms with Gasteiger partial charge in [-0.05, 0) is 115 Å². The summed E-state index contributed by atoms with van der Waals surface area (Å²) in [5.41, 5.74) is -1.22. The molecule has 0 saturated heterocycles. The number of furan rings is 4. The van der Waals surface area contributed by atoms with E-state index in [9.17, 15) is 40.8 Å². The summed E-state index contributed by atoms with van der Waals surface area (Å²) in [6.45, 7) is 11.3. The average molecular weight is 1170 g/mol. The molecule has 23 heteroatoms. The van der Waals surface area contributed by atoms with Gasteiger partial charge in [-0.2, -0.15) is 21.6 Å². The molecule has 12 rings (SSSR count). The Kier molecular flexibility index (Phi) is 19.4. The van der Waals surface area contributed by atoms with E-state index in [0.717, 1.165) is 39.6 Å². The Morgan fingerprint density at radius 2 is 0.976 bits per heavy atom. The number of aromatic hydroxyl groups is 2. The highest BCUT2D eigenvalue weighted by atomic mass is 32.2. The molecule has 0 fully saturated rings. The standard InChI is InChI=1S/C14H20O3Si.C10H8O3.C9H5F3O4S.C9H6O3.C8H6O3.C8H6O2.CH4/c1-14(2,3)18(4,5)17-10-6-7-11-12(15)9-16-13(11)8-10;1-12-10(11)8-3-2-7-4-5-13-9(7)6-8;10-9(11,12)17(13,14)16-7-2-1-6-3-4-15-8(6)5-7;10-9(11)7-2-1-6-3-4-12-8(6)5-7;9-5-1-2-6-7(10)4-11-8(6)3-5;9-7-2-1-6-3-4-10-8(6)5-7;/h6-8H,9H2,1-5H3;2-6H,1H3;1-5H;1-5H,(H,10,11);1-3,9H,4H2;1-5,9H;1H4. The van der Waals surface area contributed by atoms with Crippen LogP contribution in [0.2, 0.25) is 18.1 Å². The van der Waals surface area contributed by atoms with Crippen LogP contribution in [0.1, 0.15) is 69.6 Å². The van der Waals surface area contributed by atoms with Crippen molar-refractivity contribution >= 4 is 85.8 Å². The fourth-order valence-corrected chi connectivity index (χ4v) is 8.53. The molecule has 0 radical (unpaired) electrons. The molecular formula is C59H55F3O18SSi. The quantitative estimate of drug-likeness (QED) is 0.0605. The number of phenolic OH excluding ortho intramolecular Hbond substituents is 2. The SMILES string of the molecule is C.CC(C)(C)[Si](C)(C)Oc1ccc2c(c1)OCC2=O.COC(=O)c1ccc2ccoc2c1.O=C(O)c1ccc2ccoc2c1.O=C1COc2cc(O)ccc21.O=S(=O)(Oc1ccc2ccoc2c1)C(F)(F)F.Oc1ccc2ccoc2c1. The maximum absolute atomic E-state index is 12.0. The van der Waals surface area contributed by atoms with Crippen molar-refractivity contribution < 1.29 is 96.6 Å². The van der Waals surface area contributed by atoms with Gasteiger partial charge in [0, 0.05) is 45.8 Å². The molecule has 0 spiro atoms. The maximum Gasteiger partial charge on any atom is 0.534 e. The Morgan fingerprint density at radius 1 is 0.561 bits per heavy atom. The Morgan fingerprint density at radius 3 is 1.48 bits per heavy atom. The predicted molar refractivity (Wildman–Crippen MR) is 299 cm³/mol. The first-order valence-electron chi connectivity index (χ1n) is 24.1. The van der Waals surface area contributed by atoms with Gasteiger partial charge in [0.1, 0.15) is 56.8 Å². The first kappa shape index (κ1) is 61.7. The summed E-state index contributed by atoms with van der Waals surface area (Å²) in [5.74, 6) is 0.572. The van der Waals surface area contributed by atoms with Crippen LogP contribution in [0.25, 0.3) is 43.9 Å². The number of fused-ring (bicyclic) bond motifs is 6. The number of ketones is 2. The molecule has 430 valence electrons. The zero-order chi connectivity index (χ0) is 58.9. The van der Waals surface area contributed by atoms with Gasteiger partial charge in [-0.3, -0.25) is 9.59 Å². The van der Waals surface area contributed by atoms with Crippen LogP contribution in [0.15, 0.2) is 176 Å². The first-order valence-corrected chi connectivity index (χ1v) is 28.4.